The number of para-hydroxylation sites is 2. The quantitative estimate of drug-likeness (QED) is 0.831. The summed E-state index contributed by atoms with van der Waals surface area (Å²) in [4.78, 5) is 19.5. The van der Waals surface area contributed by atoms with Crippen LogP contribution in [0.15, 0.2) is 24.3 Å². The van der Waals surface area contributed by atoms with E-state index in [1.807, 2.05) is 24.8 Å². The molecule has 3 rings (SSSR count). The molecule has 0 N–H and O–H groups in total. The van der Waals surface area contributed by atoms with Crippen LogP contribution in [-0.2, 0) is 9.53 Å². The van der Waals surface area contributed by atoms with Gasteiger partial charge in [-0.25, -0.2) is 4.98 Å². The van der Waals surface area contributed by atoms with Gasteiger partial charge in [0.25, 0.3) is 5.91 Å². The summed E-state index contributed by atoms with van der Waals surface area (Å²) in [5.74, 6) is 1.48. The molecule has 0 radical (unpaired) electrons. The van der Waals surface area contributed by atoms with Crippen LogP contribution < -0.4 is 0 Å². The molecule has 1 aromatic carbocycles. The third-order valence-corrected chi connectivity index (χ3v) is 5.00. The van der Waals surface area contributed by atoms with Crippen LogP contribution >= 0.6 is 0 Å². The Bertz CT molecular complexity index is 738. The molecule has 1 fully saturated rings. The monoisotopic (exact) mass is 343 g/mol. The normalized spacial score (nSPS) is 19.6. The predicted octanol–water partition coefficient (Wildman–Crippen LogP) is 3.75. The van der Waals surface area contributed by atoms with E-state index in [4.69, 9.17) is 9.72 Å². The maximum Gasteiger partial charge on any atom is 0.251 e. The van der Waals surface area contributed by atoms with E-state index in [0.29, 0.717) is 12.6 Å². The van der Waals surface area contributed by atoms with Crippen molar-refractivity contribution in [2.24, 2.45) is 0 Å². The number of aromatic nitrogens is 2. The third kappa shape index (κ3) is 3.56. The highest BCUT2D eigenvalue weighted by Crippen LogP contribution is 2.31. The van der Waals surface area contributed by atoms with Crippen molar-refractivity contribution in [1.82, 2.24) is 14.5 Å². The number of benzene rings is 1. The summed E-state index contributed by atoms with van der Waals surface area (Å²) in [5, 5.41) is 0. The third-order valence-electron chi connectivity index (χ3n) is 5.00. The first-order valence-corrected chi connectivity index (χ1v) is 9.40. The topological polar surface area (TPSA) is 47.4 Å². The molecule has 0 bridgehead atoms. The molecular weight excluding hydrogens is 314 g/mol. The Kier molecular flexibility index (Phi) is 5.42. The van der Waals surface area contributed by atoms with Gasteiger partial charge in [-0.1, -0.05) is 12.1 Å². The Morgan fingerprint density at radius 3 is 2.80 bits per heavy atom. The smallest absolute Gasteiger partial charge is 0.251 e. The molecule has 0 aliphatic carbocycles. The van der Waals surface area contributed by atoms with Crippen LogP contribution in [0.1, 0.15) is 58.3 Å². The molecule has 0 spiro atoms. The largest absolute Gasteiger partial charge is 0.369 e. The summed E-state index contributed by atoms with van der Waals surface area (Å²) < 4.78 is 7.83. The molecule has 5 nitrogen and oxygen atoms in total. The number of rotatable bonds is 5. The molecule has 2 heterocycles. The van der Waals surface area contributed by atoms with Crippen molar-refractivity contribution in [3.8, 4) is 0 Å². The van der Waals surface area contributed by atoms with Gasteiger partial charge in [0.1, 0.15) is 11.9 Å². The molecule has 5 heteroatoms. The average molecular weight is 343 g/mol. The zero-order valence-electron chi connectivity index (χ0n) is 15.7. The van der Waals surface area contributed by atoms with E-state index in [9.17, 15) is 4.79 Å². The molecule has 1 aliphatic heterocycles. The summed E-state index contributed by atoms with van der Waals surface area (Å²) in [6.45, 7) is 10.3. The van der Waals surface area contributed by atoms with E-state index in [0.717, 1.165) is 37.3 Å². The van der Waals surface area contributed by atoms with Gasteiger partial charge in [0.15, 0.2) is 0 Å². The highest BCUT2D eigenvalue weighted by Gasteiger charge is 2.31. The SMILES string of the molecule is CCO[C@H](C)C(=O)N1CCC[C@H](c2nc3ccccc3n2C(C)C)C1. The van der Waals surface area contributed by atoms with Crippen LogP contribution in [0, 0.1) is 0 Å². The molecule has 1 saturated heterocycles. The number of hydrogen-bond donors (Lipinski definition) is 0. The lowest BCUT2D eigenvalue weighted by Crippen LogP contribution is -2.44. The van der Waals surface area contributed by atoms with Crippen LogP contribution in [0.4, 0.5) is 0 Å². The van der Waals surface area contributed by atoms with Crippen molar-refractivity contribution in [3.63, 3.8) is 0 Å². The zero-order valence-corrected chi connectivity index (χ0v) is 15.7. The van der Waals surface area contributed by atoms with Crippen molar-refractivity contribution in [2.75, 3.05) is 19.7 Å². The van der Waals surface area contributed by atoms with Crippen molar-refractivity contribution in [3.05, 3.63) is 30.1 Å². The van der Waals surface area contributed by atoms with Crippen LogP contribution in [-0.4, -0.2) is 46.2 Å². The standard InChI is InChI=1S/C20H29N3O2/c1-5-25-15(4)20(24)22-12-8-9-16(13-22)19-21-17-10-6-7-11-18(17)23(19)14(2)3/h6-7,10-11,14-16H,5,8-9,12-13H2,1-4H3/t15-,16+/m1/s1. The summed E-state index contributed by atoms with van der Waals surface area (Å²) in [5.41, 5.74) is 2.22. The fourth-order valence-corrected chi connectivity index (χ4v) is 3.86. The number of carbonyl (C=O) groups excluding carboxylic acids is 1. The molecule has 2 aromatic rings. The van der Waals surface area contributed by atoms with Crippen LogP contribution in [0.2, 0.25) is 0 Å². The van der Waals surface area contributed by atoms with Gasteiger partial charge in [-0.15, -0.1) is 0 Å². The molecular formula is C20H29N3O2. The number of fused-ring (bicyclic) bond motifs is 1. The molecule has 0 saturated carbocycles. The molecule has 136 valence electrons. The van der Waals surface area contributed by atoms with Crippen molar-refractivity contribution in [1.29, 1.82) is 0 Å². The van der Waals surface area contributed by atoms with Gasteiger partial charge in [-0.3, -0.25) is 4.79 Å². The minimum atomic E-state index is -0.368. The molecule has 0 unspecified atom stereocenters. The fraction of sp³-hybridized carbons (Fsp3) is 0.600. The second kappa shape index (κ2) is 7.56. The highest BCUT2D eigenvalue weighted by atomic mass is 16.5. The second-order valence-electron chi connectivity index (χ2n) is 7.14. The van der Waals surface area contributed by atoms with E-state index in [2.05, 4.69) is 36.6 Å². The van der Waals surface area contributed by atoms with Gasteiger partial charge >= 0.3 is 0 Å². The molecule has 2 atom stereocenters. The van der Waals surface area contributed by atoms with Gasteiger partial charge in [-0.05, 0) is 52.7 Å². The first kappa shape index (κ1) is 17.9. The number of piperidine rings is 1. The number of amides is 1. The van der Waals surface area contributed by atoms with Gasteiger partial charge in [0.05, 0.1) is 11.0 Å². The first-order valence-electron chi connectivity index (χ1n) is 9.40. The zero-order chi connectivity index (χ0) is 18.0. The van der Waals surface area contributed by atoms with Crippen molar-refractivity contribution in [2.45, 2.75) is 58.6 Å². The number of carbonyl (C=O) groups is 1. The Morgan fingerprint density at radius 2 is 2.08 bits per heavy atom. The Morgan fingerprint density at radius 1 is 1.32 bits per heavy atom. The van der Waals surface area contributed by atoms with Gasteiger partial charge in [-0.2, -0.15) is 0 Å². The number of hydrogen-bond acceptors (Lipinski definition) is 3. The molecule has 1 amide bonds. The maximum absolute atomic E-state index is 12.6. The van der Waals surface area contributed by atoms with Gasteiger partial charge in [0.2, 0.25) is 0 Å². The Balaban J connectivity index is 1.88. The van der Waals surface area contributed by atoms with E-state index in [1.54, 1.807) is 0 Å². The number of nitrogens with zero attached hydrogens (tertiary/aromatic N) is 3. The van der Waals surface area contributed by atoms with E-state index >= 15 is 0 Å². The minimum Gasteiger partial charge on any atom is -0.369 e. The lowest BCUT2D eigenvalue weighted by Gasteiger charge is -2.34. The predicted molar refractivity (Wildman–Crippen MR) is 99.8 cm³/mol. The van der Waals surface area contributed by atoms with Crippen LogP contribution in [0.25, 0.3) is 11.0 Å². The number of ether oxygens (including phenoxy) is 1. The van der Waals surface area contributed by atoms with E-state index < -0.39 is 0 Å². The minimum absolute atomic E-state index is 0.0961. The molecule has 1 aromatic heterocycles. The highest BCUT2D eigenvalue weighted by molar-refractivity contribution is 5.81. The summed E-state index contributed by atoms with van der Waals surface area (Å²) in [6, 6.07) is 8.64. The number of likely N-dealkylation sites (tertiary alicyclic amines) is 1. The Hall–Kier alpha value is -1.88. The second-order valence-corrected chi connectivity index (χ2v) is 7.14. The van der Waals surface area contributed by atoms with Crippen molar-refractivity contribution >= 4 is 16.9 Å². The van der Waals surface area contributed by atoms with Gasteiger partial charge < -0.3 is 14.2 Å². The van der Waals surface area contributed by atoms with Gasteiger partial charge in [0, 0.05) is 31.7 Å². The fourth-order valence-electron chi connectivity index (χ4n) is 3.86. The summed E-state index contributed by atoms with van der Waals surface area (Å²) in [6.07, 6.45) is 1.71. The lowest BCUT2D eigenvalue weighted by atomic mass is 9.96. The number of imidazole rings is 1. The first-order chi connectivity index (χ1) is 12.0. The lowest BCUT2D eigenvalue weighted by molar-refractivity contribution is -0.143. The summed E-state index contributed by atoms with van der Waals surface area (Å²) >= 11 is 0. The van der Waals surface area contributed by atoms with Crippen LogP contribution in [0.3, 0.4) is 0 Å². The average Bonchev–Trinajstić information content (AvgIpc) is 3.01. The van der Waals surface area contributed by atoms with E-state index in [1.165, 1.54) is 5.52 Å². The molecule has 1 aliphatic rings. The molecule has 25 heavy (non-hydrogen) atoms. The Labute approximate surface area is 150 Å². The summed E-state index contributed by atoms with van der Waals surface area (Å²) in [7, 11) is 0. The maximum atomic E-state index is 12.6. The van der Waals surface area contributed by atoms with E-state index in [-0.39, 0.29) is 17.9 Å². The van der Waals surface area contributed by atoms with Crippen molar-refractivity contribution < 1.29 is 9.53 Å². The van der Waals surface area contributed by atoms with Crippen LogP contribution in [0.5, 0.6) is 0 Å².